The largest absolute Gasteiger partial charge is 0.488 e. The molecule has 1 amide bonds. The Morgan fingerprint density at radius 1 is 1.25 bits per heavy atom. The van der Waals surface area contributed by atoms with Crippen molar-refractivity contribution in [3.8, 4) is 11.6 Å². The van der Waals surface area contributed by atoms with Gasteiger partial charge < -0.3 is 24.4 Å². The fourth-order valence-corrected chi connectivity index (χ4v) is 2.46. The molecule has 32 heavy (non-hydrogen) atoms. The first kappa shape index (κ1) is 23.4. The Morgan fingerprint density at radius 2 is 2.00 bits per heavy atom. The number of hydrogen-bond acceptors (Lipinski definition) is 9. The summed E-state index contributed by atoms with van der Waals surface area (Å²) < 4.78 is 43.9. The number of anilines is 3. The van der Waals surface area contributed by atoms with Crippen LogP contribution >= 0.6 is 0 Å². The summed E-state index contributed by atoms with van der Waals surface area (Å²) in [6.45, 7) is 1.71. The smallest absolute Gasteiger partial charge is 0.412 e. The number of hydrogen-bond donors (Lipinski definition) is 2. The third-order valence-corrected chi connectivity index (χ3v) is 4.25. The SMILES string of the molecule is COC(=O)Nc1cc(Nc2cc(OC3CC3)nc(C(C)(F)F)n2)c(OCCN(C)C)cn1. The molecule has 2 heterocycles. The van der Waals surface area contributed by atoms with E-state index >= 15 is 0 Å². The number of nitrogens with zero attached hydrogens (tertiary/aromatic N) is 4. The minimum Gasteiger partial charge on any atom is -0.488 e. The van der Waals surface area contributed by atoms with Crippen LogP contribution in [0.15, 0.2) is 18.3 Å². The normalized spacial score (nSPS) is 13.6. The van der Waals surface area contributed by atoms with Crippen LogP contribution in [0.2, 0.25) is 0 Å². The lowest BCUT2D eigenvalue weighted by atomic mass is 10.3. The first-order chi connectivity index (χ1) is 15.1. The van der Waals surface area contributed by atoms with Crippen LogP contribution in [-0.2, 0) is 10.7 Å². The Bertz CT molecular complexity index is 950. The Kier molecular flexibility index (Phi) is 7.23. The topological polar surface area (TPSA) is 111 Å². The van der Waals surface area contributed by atoms with Gasteiger partial charge in [0.2, 0.25) is 11.7 Å². The molecule has 1 aliphatic rings. The van der Waals surface area contributed by atoms with Crippen molar-refractivity contribution in [1.82, 2.24) is 19.9 Å². The first-order valence-corrected chi connectivity index (χ1v) is 9.97. The van der Waals surface area contributed by atoms with Crippen molar-refractivity contribution < 1.29 is 27.8 Å². The molecule has 0 saturated heterocycles. The van der Waals surface area contributed by atoms with Gasteiger partial charge in [-0.15, -0.1) is 0 Å². The summed E-state index contributed by atoms with van der Waals surface area (Å²) >= 11 is 0. The number of likely N-dealkylation sites (N-methyl/N-ethyl adjacent to an activating group) is 1. The molecular weight excluding hydrogens is 426 g/mol. The number of halogens is 2. The standard InChI is InChI=1S/C20H26F2N6O4/c1-20(21,22)18-25-16(10-17(27-18)32-12-5-6-12)24-13-9-15(26-19(29)30-4)23-11-14(13)31-8-7-28(2)3/h9-12H,5-8H2,1-4H3,(H2,23,24,25,26,27,29). The van der Waals surface area contributed by atoms with Crippen LogP contribution in [0.25, 0.3) is 0 Å². The highest BCUT2D eigenvalue weighted by molar-refractivity contribution is 5.84. The zero-order valence-electron chi connectivity index (χ0n) is 18.3. The lowest BCUT2D eigenvalue weighted by Crippen LogP contribution is -2.20. The summed E-state index contributed by atoms with van der Waals surface area (Å²) in [7, 11) is 5.03. The second-order valence-corrected chi connectivity index (χ2v) is 7.58. The van der Waals surface area contributed by atoms with Crippen molar-refractivity contribution in [2.45, 2.75) is 31.8 Å². The van der Waals surface area contributed by atoms with E-state index in [0.29, 0.717) is 31.5 Å². The van der Waals surface area contributed by atoms with Crippen molar-refractivity contribution >= 4 is 23.4 Å². The molecule has 1 fully saturated rings. The molecule has 0 bridgehead atoms. The lowest BCUT2D eigenvalue weighted by molar-refractivity contribution is 0.00705. The third kappa shape index (κ3) is 6.87. The average Bonchev–Trinajstić information content (AvgIpc) is 3.52. The minimum absolute atomic E-state index is 0.0298. The highest BCUT2D eigenvalue weighted by Crippen LogP contribution is 2.33. The number of carbonyl (C=O) groups is 1. The fourth-order valence-electron chi connectivity index (χ4n) is 2.46. The van der Waals surface area contributed by atoms with Crippen LogP contribution in [0.1, 0.15) is 25.6 Å². The zero-order chi connectivity index (χ0) is 23.3. The van der Waals surface area contributed by atoms with Crippen LogP contribution in [0.5, 0.6) is 11.6 Å². The lowest BCUT2D eigenvalue weighted by Gasteiger charge is -2.17. The number of alkyl halides is 2. The molecule has 2 aromatic heterocycles. The van der Waals surface area contributed by atoms with Gasteiger partial charge in [0, 0.05) is 25.6 Å². The van der Waals surface area contributed by atoms with Crippen LogP contribution in [0.4, 0.5) is 30.9 Å². The number of nitrogens with one attached hydrogen (secondary N) is 2. The molecule has 0 radical (unpaired) electrons. The van der Waals surface area contributed by atoms with E-state index in [1.165, 1.54) is 25.4 Å². The first-order valence-electron chi connectivity index (χ1n) is 9.97. The van der Waals surface area contributed by atoms with Gasteiger partial charge in [0.25, 0.3) is 0 Å². The van der Waals surface area contributed by atoms with Gasteiger partial charge in [-0.3, -0.25) is 5.32 Å². The minimum atomic E-state index is -3.26. The average molecular weight is 452 g/mol. The number of aromatic nitrogens is 3. The van der Waals surface area contributed by atoms with Crippen LogP contribution < -0.4 is 20.1 Å². The monoisotopic (exact) mass is 452 g/mol. The molecular formula is C20H26F2N6O4. The van der Waals surface area contributed by atoms with Crippen LogP contribution in [0.3, 0.4) is 0 Å². The number of ether oxygens (including phenoxy) is 3. The van der Waals surface area contributed by atoms with E-state index in [-0.39, 0.29) is 23.6 Å². The Hall–Kier alpha value is -3.28. The van der Waals surface area contributed by atoms with E-state index < -0.39 is 17.8 Å². The summed E-state index contributed by atoms with van der Waals surface area (Å²) in [5.74, 6) is -3.28. The Labute approximate surface area is 184 Å². The molecule has 1 saturated carbocycles. The van der Waals surface area contributed by atoms with Gasteiger partial charge in [-0.05, 0) is 26.9 Å². The molecule has 0 atom stereocenters. The van der Waals surface area contributed by atoms with Crippen molar-refractivity contribution in [2.75, 3.05) is 45.0 Å². The maximum atomic E-state index is 14.0. The molecule has 12 heteroatoms. The van der Waals surface area contributed by atoms with Crippen LogP contribution in [-0.4, -0.2) is 66.4 Å². The van der Waals surface area contributed by atoms with E-state index in [0.717, 1.165) is 12.8 Å². The van der Waals surface area contributed by atoms with Gasteiger partial charge in [-0.25, -0.2) is 14.8 Å². The highest BCUT2D eigenvalue weighted by atomic mass is 19.3. The van der Waals surface area contributed by atoms with E-state index in [4.69, 9.17) is 9.47 Å². The van der Waals surface area contributed by atoms with E-state index in [1.54, 1.807) is 0 Å². The summed E-state index contributed by atoms with van der Waals surface area (Å²) in [4.78, 5) is 25.4. The van der Waals surface area contributed by atoms with Gasteiger partial charge in [0.1, 0.15) is 24.3 Å². The Balaban J connectivity index is 1.91. The Morgan fingerprint density at radius 3 is 2.62 bits per heavy atom. The van der Waals surface area contributed by atoms with Crippen LogP contribution in [0, 0.1) is 0 Å². The second-order valence-electron chi connectivity index (χ2n) is 7.58. The van der Waals surface area contributed by atoms with Gasteiger partial charge in [-0.1, -0.05) is 0 Å². The molecule has 1 aliphatic carbocycles. The molecule has 2 aromatic rings. The molecule has 0 spiro atoms. The molecule has 3 rings (SSSR count). The predicted octanol–water partition coefficient (Wildman–Crippen LogP) is 3.39. The fraction of sp³-hybridized carbons (Fsp3) is 0.500. The van der Waals surface area contributed by atoms with Crippen molar-refractivity contribution in [3.63, 3.8) is 0 Å². The molecule has 0 unspecified atom stereocenters. The zero-order valence-corrected chi connectivity index (χ0v) is 18.3. The third-order valence-electron chi connectivity index (χ3n) is 4.25. The van der Waals surface area contributed by atoms with Crippen molar-refractivity contribution in [2.24, 2.45) is 0 Å². The molecule has 0 aromatic carbocycles. The summed E-state index contributed by atoms with van der Waals surface area (Å²) in [5.41, 5.74) is 0.353. The predicted molar refractivity (Wildman–Crippen MR) is 113 cm³/mol. The number of pyridine rings is 1. The number of carbonyl (C=O) groups excluding carboxylic acids is 1. The molecule has 174 valence electrons. The molecule has 2 N–H and O–H groups in total. The number of methoxy groups -OCH3 is 1. The van der Waals surface area contributed by atoms with Gasteiger partial charge in [0.15, 0.2) is 5.75 Å². The van der Waals surface area contributed by atoms with E-state index in [1.807, 2.05) is 19.0 Å². The quantitative estimate of drug-likeness (QED) is 0.560. The van der Waals surface area contributed by atoms with E-state index in [9.17, 15) is 13.6 Å². The van der Waals surface area contributed by atoms with Gasteiger partial charge in [-0.2, -0.15) is 13.8 Å². The molecule has 0 aliphatic heterocycles. The summed E-state index contributed by atoms with van der Waals surface area (Å²) in [6, 6.07) is 2.92. The van der Waals surface area contributed by atoms with E-state index in [2.05, 4.69) is 30.3 Å². The van der Waals surface area contributed by atoms with Crippen molar-refractivity contribution in [3.05, 3.63) is 24.2 Å². The maximum absolute atomic E-state index is 14.0. The summed E-state index contributed by atoms with van der Waals surface area (Å²) in [6.07, 6.45) is 2.36. The summed E-state index contributed by atoms with van der Waals surface area (Å²) in [5, 5.41) is 5.40. The molecule has 10 nitrogen and oxygen atoms in total. The van der Waals surface area contributed by atoms with Gasteiger partial charge in [0.05, 0.1) is 19.0 Å². The van der Waals surface area contributed by atoms with Crippen molar-refractivity contribution in [1.29, 1.82) is 0 Å². The maximum Gasteiger partial charge on any atom is 0.412 e. The van der Waals surface area contributed by atoms with Gasteiger partial charge >= 0.3 is 12.0 Å². The second kappa shape index (κ2) is 9.90. The number of rotatable bonds is 10. The highest BCUT2D eigenvalue weighted by Gasteiger charge is 2.31. The number of amides is 1.